The molecular formula is C16H21NO. The molecule has 0 aliphatic heterocycles. The summed E-state index contributed by atoms with van der Waals surface area (Å²) in [6, 6.07) is 14.8. The monoisotopic (exact) mass is 243 g/mol. The molecule has 0 radical (unpaired) electrons. The first-order chi connectivity index (χ1) is 8.58. The van der Waals surface area contributed by atoms with Crippen molar-refractivity contribution in [2.45, 2.75) is 39.0 Å². The number of hydrogen-bond acceptors (Lipinski definition) is 2. The molecule has 2 aromatic rings. The Balaban J connectivity index is 2.24. The molecule has 2 nitrogen and oxygen atoms in total. The fourth-order valence-electron chi connectivity index (χ4n) is 2.30. The van der Waals surface area contributed by atoms with Gasteiger partial charge in [-0.05, 0) is 29.3 Å². The van der Waals surface area contributed by atoms with Gasteiger partial charge >= 0.3 is 0 Å². The third kappa shape index (κ3) is 2.89. The zero-order valence-electron chi connectivity index (χ0n) is 11.2. The van der Waals surface area contributed by atoms with Crippen LogP contribution in [0.2, 0.25) is 0 Å². The van der Waals surface area contributed by atoms with E-state index in [9.17, 15) is 5.11 Å². The van der Waals surface area contributed by atoms with Gasteiger partial charge in [0, 0.05) is 12.1 Å². The van der Waals surface area contributed by atoms with Crippen LogP contribution in [0, 0.1) is 0 Å². The van der Waals surface area contributed by atoms with Gasteiger partial charge in [0.25, 0.3) is 0 Å². The Morgan fingerprint density at radius 3 is 2.28 bits per heavy atom. The average Bonchev–Trinajstić information content (AvgIpc) is 2.36. The maximum Gasteiger partial charge on any atom is 0.0940 e. The van der Waals surface area contributed by atoms with E-state index in [1.54, 1.807) is 0 Å². The van der Waals surface area contributed by atoms with Crippen LogP contribution in [-0.4, -0.2) is 17.2 Å². The van der Waals surface area contributed by atoms with E-state index < -0.39 is 6.10 Å². The van der Waals surface area contributed by atoms with E-state index in [2.05, 4.69) is 43.4 Å². The van der Waals surface area contributed by atoms with Gasteiger partial charge < -0.3 is 10.4 Å². The lowest BCUT2D eigenvalue weighted by Gasteiger charge is -2.23. The van der Waals surface area contributed by atoms with Gasteiger partial charge in [-0.1, -0.05) is 50.2 Å². The van der Waals surface area contributed by atoms with Crippen molar-refractivity contribution in [3.63, 3.8) is 0 Å². The normalized spacial score (nSPS) is 14.9. The lowest BCUT2D eigenvalue weighted by molar-refractivity contribution is 0.132. The van der Waals surface area contributed by atoms with Gasteiger partial charge in [0.1, 0.15) is 0 Å². The molecule has 0 bridgehead atoms. The average molecular weight is 243 g/mol. The quantitative estimate of drug-likeness (QED) is 0.864. The molecule has 0 amide bonds. The van der Waals surface area contributed by atoms with Gasteiger partial charge in [-0.25, -0.2) is 0 Å². The van der Waals surface area contributed by atoms with Crippen molar-refractivity contribution in [1.29, 1.82) is 0 Å². The highest BCUT2D eigenvalue weighted by Crippen LogP contribution is 2.22. The third-order valence-corrected chi connectivity index (χ3v) is 3.18. The van der Waals surface area contributed by atoms with Crippen LogP contribution in [-0.2, 0) is 0 Å². The van der Waals surface area contributed by atoms with Crippen LogP contribution < -0.4 is 5.32 Å². The van der Waals surface area contributed by atoms with Crippen molar-refractivity contribution in [2.75, 3.05) is 0 Å². The van der Waals surface area contributed by atoms with Crippen LogP contribution in [0.15, 0.2) is 42.5 Å². The van der Waals surface area contributed by atoms with Crippen LogP contribution in [0.5, 0.6) is 0 Å². The highest BCUT2D eigenvalue weighted by molar-refractivity contribution is 5.83. The second kappa shape index (κ2) is 5.51. The molecule has 2 heteroatoms. The highest BCUT2D eigenvalue weighted by Gasteiger charge is 2.16. The molecule has 0 fully saturated rings. The number of aliphatic hydroxyl groups is 1. The summed E-state index contributed by atoms with van der Waals surface area (Å²) in [5, 5.41) is 16.1. The van der Waals surface area contributed by atoms with Gasteiger partial charge in [0.15, 0.2) is 0 Å². The summed E-state index contributed by atoms with van der Waals surface area (Å²) in [6.07, 6.45) is -0.475. The predicted octanol–water partition coefficient (Wildman–Crippen LogP) is 3.26. The number of fused-ring (bicyclic) bond motifs is 1. The first kappa shape index (κ1) is 13.1. The van der Waals surface area contributed by atoms with E-state index in [-0.39, 0.29) is 6.04 Å². The predicted molar refractivity (Wildman–Crippen MR) is 76.6 cm³/mol. The minimum absolute atomic E-state index is 0.0474. The molecule has 96 valence electrons. The number of aliphatic hydroxyl groups excluding tert-OH is 1. The minimum atomic E-state index is -0.475. The van der Waals surface area contributed by atoms with Gasteiger partial charge in [0.2, 0.25) is 0 Å². The van der Waals surface area contributed by atoms with E-state index in [0.717, 1.165) is 5.56 Å². The lowest BCUT2D eigenvalue weighted by Crippen LogP contribution is -2.36. The first-order valence-electron chi connectivity index (χ1n) is 6.50. The summed E-state index contributed by atoms with van der Waals surface area (Å²) in [5.74, 6) is 0. The maximum absolute atomic E-state index is 10.3. The van der Waals surface area contributed by atoms with Crippen LogP contribution >= 0.6 is 0 Å². The highest BCUT2D eigenvalue weighted by atomic mass is 16.3. The van der Waals surface area contributed by atoms with E-state index >= 15 is 0 Å². The summed E-state index contributed by atoms with van der Waals surface area (Å²) < 4.78 is 0. The standard InChI is InChI=1S/C16H21NO/c1-11(2)17-12(3)16(18)15-9-8-13-6-4-5-7-14(13)10-15/h4-12,16-18H,1-3H3. The molecule has 0 saturated carbocycles. The van der Waals surface area contributed by atoms with Gasteiger partial charge in [-0.2, -0.15) is 0 Å². The molecule has 0 spiro atoms. The number of rotatable bonds is 4. The van der Waals surface area contributed by atoms with Crippen molar-refractivity contribution in [1.82, 2.24) is 5.32 Å². The molecule has 0 aliphatic carbocycles. The maximum atomic E-state index is 10.3. The van der Waals surface area contributed by atoms with E-state index in [1.165, 1.54) is 10.8 Å². The van der Waals surface area contributed by atoms with Gasteiger partial charge in [-0.3, -0.25) is 0 Å². The minimum Gasteiger partial charge on any atom is -0.387 e. The summed E-state index contributed by atoms with van der Waals surface area (Å²) in [6.45, 7) is 6.19. The van der Waals surface area contributed by atoms with Crippen molar-refractivity contribution in [3.8, 4) is 0 Å². The number of hydrogen-bond donors (Lipinski definition) is 2. The molecule has 0 aromatic heterocycles. The van der Waals surface area contributed by atoms with Crippen molar-refractivity contribution in [3.05, 3.63) is 48.0 Å². The Hall–Kier alpha value is -1.38. The molecule has 0 saturated heterocycles. The van der Waals surface area contributed by atoms with E-state index in [4.69, 9.17) is 0 Å². The molecule has 2 unspecified atom stereocenters. The Kier molecular flexibility index (Phi) is 4.00. The van der Waals surface area contributed by atoms with Gasteiger partial charge in [0.05, 0.1) is 6.10 Å². The Morgan fingerprint density at radius 2 is 1.61 bits per heavy atom. The van der Waals surface area contributed by atoms with Crippen molar-refractivity contribution < 1.29 is 5.11 Å². The zero-order valence-corrected chi connectivity index (χ0v) is 11.2. The van der Waals surface area contributed by atoms with Crippen LogP contribution in [0.25, 0.3) is 10.8 Å². The first-order valence-corrected chi connectivity index (χ1v) is 6.50. The summed E-state index contributed by atoms with van der Waals surface area (Å²) in [5.41, 5.74) is 0.967. The fourth-order valence-corrected chi connectivity index (χ4v) is 2.30. The second-order valence-corrected chi connectivity index (χ2v) is 5.16. The lowest BCUT2D eigenvalue weighted by atomic mass is 9.99. The Labute approximate surface area is 109 Å². The third-order valence-electron chi connectivity index (χ3n) is 3.18. The van der Waals surface area contributed by atoms with Crippen LogP contribution in [0.4, 0.5) is 0 Å². The molecule has 2 atom stereocenters. The van der Waals surface area contributed by atoms with Crippen LogP contribution in [0.3, 0.4) is 0 Å². The topological polar surface area (TPSA) is 32.3 Å². The Morgan fingerprint density at radius 1 is 0.944 bits per heavy atom. The van der Waals surface area contributed by atoms with E-state index in [1.807, 2.05) is 25.1 Å². The molecule has 2 rings (SSSR count). The number of nitrogens with one attached hydrogen (secondary N) is 1. The van der Waals surface area contributed by atoms with Gasteiger partial charge in [-0.15, -0.1) is 0 Å². The summed E-state index contributed by atoms with van der Waals surface area (Å²) in [7, 11) is 0. The Bertz CT molecular complexity index is 521. The SMILES string of the molecule is CC(C)NC(C)C(O)c1ccc2ccccc2c1. The zero-order chi connectivity index (χ0) is 13.1. The van der Waals surface area contributed by atoms with E-state index in [0.29, 0.717) is 6.04 Å². The van der Waals surface area contributed by atoms with Crippen molar-refractivity contribution in [2.24, 2.45) is 0 Å². The van der Waals surface area contributed by atoms with Crippen molar-refractivity contribution >= 4 is 10.8 Å². The molecule has 0 heterocycles. The summed E-state index contributed by atoms with van der Waals surface area (Å²) in [4.78, 5) is 0. The molecular weight excluding hydrogens is 222 g/mol. The molecule has 2 aromatic carbocycles. The fraction of sp³-hybridized carbons (Fsp3) is 0.375. The largest absolute Gasteiger partial charge is 0.387 e. The van der Waals surface area contributed by atoms with Crippen LogP contribution in [0.1, 0.15) is 32.4 Å². The second-order valence-electron chi connectivity index (χ2n) is 5.16. The molecule has 0 aliphatic rings. The number of benzene rings is 2. The molecule has 18 heavy (non-hydrogen) atoms. The summed E-state index contributed by atoms with van der Waals surface area (Å²) >= 11 is 0. The molecule has 2 N–H and O–H groups in total. The smallest absolute Gasteiger partial charge is 0.0940 e.